The number of anilines is 1. The van der Waals surface area contributed by atoms with Gasteiger partial charge in [-0.2, -0.15) is 4.98 Å². The molecule has 2 N–H and O–H groups in total. The molecule has 20 heavy (non-hydrogen) atoms. The van der Waals surface area contributed by atoms with E-state index in [1.807, 2.05) is 24.9 Å². The fourth-order valence-electron chi connectivity index (χ4n) is 1.75. The fourth-order valence-corrected chi connectivity index (χ4v) is 1.75. The first kappa shape index (κ1) is 16.7. The zero-order valence-corrected chi connectivity index (χ0v) is 13.4. The van der Waals surface area contributed by atoms with Crippen molar-refractivity contribution in [3.05, 3.63) is 11.8 Å². The number of hydrogen-bond donors (Lipinski definition) is 1. The van der Waals surface area contributed by atoms with E-state index in [1.165, 1.54) is 0 Å². The highest BCUT2D eigenvalue weighted by Crippen LogP contribution is 2.15. The fraction of sp³-hybridized carbons (Fsp3) is 0.733. The molecule has 0 bridgehead atoms. The number of ether oxygens (including phenoxy) is 1. The topological polar surface area (TPSA) is 64.3 Å². The number of hydrogen-bond acceptors (Lipinski definition) is 5. The van der Waals surface area contributed by atoms with Gasteiger partial charge in [0.15, 0.2) is 0 Å². The standard InChI is InChI=1S/C15H28N4O/c1-6-9-20-14-10-12(4)17-15(18-14)19(5)8-7-13(16)11(2)3/h10-11,13H,6-9,16H2,1-5H3. The second-order valence-electron chi connectivity index (χ2n) is 5.61. The summed E-state index contributed by atoms with van der Waals surface area (Å²) in [6.07, 6.45) is 1.90. The molecular weight excluding hydrogens is 252 g/mol. The van der Waals surface area contributed by atoms with E-state index in [-0.39, 0.29) is 6.04 Å². The summed E-state index contributed by atoms with van der Waals surface area (Å²) in [6, 6.07) is 2.07. The van der Waals surface area contributed by atoms with Gasteiger partial charge in [0.1, 0.15) is 0 Å². The van der Waals surface area contributed by atoms with E-state index < -0.39 is 0 Å². The van der Waals surface area contributed by atoms with Crippen molar-refractivity contribution in [3.8, 4) is 5.88 Å². The summed E-state index contributed by atoms with van der Waals surface area (Å²) in [5.74, 6) is 1.84. The smallest absolute Gasteiger partial charge is 0.228 e. The Balaban J connectivity index is 2.66. The Hall–Kier alpha value is -1.36. The van der Waals surface area contributed by atoms with Crippen molar-refractivity contribution >= 4 is 5.95 Å². The lowest BCUT2D eigenvalue weighted by atomic mass is 10.0. The van der Waals surface area contributed by atoms with Gasteiger partial charge >= 0.3 is 0 Å². The lowest BCUT2D eigenvalue weighted by Crippen LogP contribution is -2.32. The summed E-state index contributed by atoms with van der Waals surface area (Å²) < 4.78 is 5.59. The second kappa shape index (κ2) is 8.04. The Bertz CT molecular complexity index is 409. The molecule has 5 heteroatoms. The summed E-state index contributed by atoms with van der Waals surface area (Å²) in [5.41, 5.74) is 6.99. The Kier molecular flexibility index (Phi) is 6.71. The highest BCUT2D eigenvalue weighted by atomic mass is 16.5. The van der Waals surface area contributed by atoms with Crippen LogP contribution in [-0.2, 0) is 0 Å². The molecule has 5 nitrogen and oxygen atoms in total. The molecule has 1 unspecified atom stereocenters. The zero-order chi connectivity index (χ0) is 15.1. The molecule has 0 saturated heterocycles. The van der Waals surface area contributed by atoms with Gasteiger partial charge in [-0.15, -0.1) is 0 Å². The van der Waals surface area contributed by atoms with Crippen LogP contribution in [0.2, 0.25) is 0 Å². The molecule has 0 saturated carbocycles. The van der Waals surface area contributed by atoms with Gasteiger partial charge in [-0.05, 0) is 25.7 Å². The summed E-state index contributed by atoms with van der Waals surface area (Å²) in [4.78, 5) is 10.9. The van der Waals surface area contributed by atoms with Crippen molar-refractivity contribution in [2.24, 2.45) is 11.7 Å². The van der Waals surface area contributed by atoms with Gasteiger partial charge in [0.2, 0.25) is 11.8 Å². The maximum absolute atomic E-state index is 6.08. The first-order chi connectivity index (χ1) is 9.43. The van der Waals surface area contributed by atoms with Crippen molar-refractivity contribution in [2.75, 3.05) is 25.1 Å². The molecular formula is C15H28N4O. The van der Waals surface area contributed by atoms with Gasteiger partial charge in [0.05, 0.1) is 6.61 Å². The molecule has 114 valence electrons. The molecule has 0 amide bonds. The SMILES string of the molecule is CCCOc1cc(C)nc(N(C)CCC(N)C(C)C)n1. The predicted molar refractivity (Wildman–Crippen MR) is 83.3 cm³/mol. The Morgan fingerprint density at radius 1 is 1.35 bits per heavy atom. The largest absolute Gasteiger partial charge is 0.478 e. The summed E-state index contributed by atoms with van der Waals surface area (Å²) in [6.45, 7) is 9.84. The average Bonchev–Trinajstić information content (AvgIpc) is 2.41. The molecule has 0 aromatic carbocycles. The highest BCUT2D eigenvalue weighted by molar-refractivity contribution is 5.33. The van der Waals surface area contributed by atoms with Crippen LogP contribution in [-0.4, -0.2) is 36.2 Å². The van der Waals surface area contributed by atoms with Crippen LogP contribution in [0, 0.1) is 12.8 Å². The Morgan fingerprint density at radius 2 is 2.05 bits per heavy atom. The van der Waals surface area contributed by atoms with E-state index in [0.29, 0.717) is 24.4 Å². The molecule has 1 rings (SSSR count). The minimum Gasteiger partial charge on any atom is -0.478 e. The van der Waals surface area contributed by atoms with Crippen molar-refractivity contribution in [1.29, 1.82) is 0 Å². The first-order valence-electron chi connectivity index (χ1n) is 7.39. The van der Waals surface area contributed by atoms with Crippen LogP contribution in [0.15, 0.2) is 6.07 Å². The molecule has 0 spiro atoms. The van der Waals surface area contributed by atoms with E-state index in [0.717, 1.165) is 25.1 Å². The Labute approximate surface area is 122 Å². The van der Waals surface area contributed by atoms with Crippen LogP contribution in [0.5, 0.6) is 5.88 Å². The number of aryl methyl sites for hydroxylation is 1. The zero-order valence-electron chi connectivity index (χ0n) is 13.4. The van der Waals surface area contributed by atoms with Gasteiger partial charge in [-0.1, -0.05) is 20.8 Å². The Morgan fingerprint density at radius 3 is 2.65 bits per heavy atom. The molecule has 0 aliphatic heterocycles. The van der Waals surface area contributed by atoms with E-state index in [1.54, 1.807) is 0 Å². The van der Waals surface area contributed by atoms with Crippen LogP contribution < -0.4 is 15.4 Å². The summed E-state index contributed by atoms with van der Waals surface area (Å²) in [7, 11) is 1.99. The van der Waals surface area contributed by atoms with Crippen LogP contribution in [0.4, 0.5) is 5.95 Å². The molecule has 1 aromatic rings. The quantitative estimate of drug-likeness (QED) is 0.792. The third kappa shape index (κ3) is 5.33. The molecule has 0 aliphatic rings. The second-order valence-corrected chi connectivity index (χ2v) is 5.61. The molecule has 0 radical (unpaired) electrons. The lowest BCUT2D eigenvalue weighted by Gasteiger charge is -2.22. The van der Waals surface area contributed by atoms with Gasteiger partial charge in [0, 0.05) is 31.4 Å². The minimum atomic E-state index is 0.207. The maximum atomic E-state index is 6.08. The maximum Gasteiger partial charge on any atom is 0.228 e. The highest BCUT2D eigenvalue weighted by Gasteiger charge is 2.12. The normalized spacial score (nSPS) is 12.6. The summed E-state index contributed by atoms with van der Waals surface area (Å²) >= 11 is 0. The van der Waals surface area contributed by atoms with Crippen molar-refractivity contribution in [3.63, 3.8) is 0 Å². The van der Waals surface area contributed by atoms with E-state index in [2.05, 4.69) is 30.7 Å². The molecule has 1 heterocycles. The third-order valence-electron chi connectivity index (χ3n) is 3.27. The van der Waals surface area contributed by atoms with Crippen LogP contribution >= 0.6 is 0 Å². The number of aromatic nitrogens is 2. The molecule has 1 aromatic heterocycles. The molecule has 0 aliphatic carbocycles. The monoisotopic (exact) mass is 280 g/mol. The van der Waals surface area contributed by atoms with Crippen molar-refractivity contribution in [2.45, 2.75) is 46.6 Å². The van der Waals surface area contributed by atoms with Gasteiger partial charge in [0.25, 0.3) is 0 Å². The van der Waals surface area contributed by atoms with Crippen LogP contribution in [0.1, 0.15) is 39.3 Å². The van der Waals surface area contributed by atoms with E-state index in [9.17, 15) is 0 Å². The van der Waals surface area contributed by atoms with Gasteiger partial charge < -0.3 is 15.4 Å². The van der Waals surface area contributed by atoms with Gasteiger partial charge in [-0.25, -0.2) is 4.98 Å². The number of rotatable bonds is 8. The summed E-state index contributed by atoms with van der Waals surface area (Å²) in [5, 5.41) is 0. The molecule has 1 atom stereocenters. The molecule has 0 fully saturated rings. The van der Waals surface area contributed by atoms with E-state index >= 15 is 0 Å². The predicted octanol–water partition coefficient (Wildman–Crippen LogP) is 2.38. The first-order valence-corrected chi connectivity index (χ1v) is 7.39. The van der Waals surface area contributed by atoms with Crippen molar-refractivity contribution in [1.82, 2.24) is 9.97 Å². The number of nitrogens with zero attached hydrogens (tertiary/aromatic N) is 3. The van der Waals surface area contributed by atoms with Crippen molar-refractivity contribution < 1.29 is 4.74 Å². The number of nitrogens with two attached hydrogens (primary N) is 1. The third-order valence-corrected chi connectivity index (χ3v) is 3.27. The van der Waals surface area contributed by atoms with Gasteiger partial charge in [-0.3, -0.25) is 0 Å². The average molecular weight is 280 g/mol. The van der Waals surface area contributed by atoms with Crippen LogP contribution in [0.3, 0.4) is 0 Å². The van der Waals surface area contributed by atoms with Crippen LogP contribution in [0.25, 0.3) is 0 Å². The van der Waals surface area contributed by atoms with E-state index in [4.69, 9.17) is 10.5 Å². The lowest BCUT2D eigenvalue weighted by molar-refractivity contribution is 0.304. The minimum absolute atomic E-state index is 0.207.